The molecule has 1 aromatic carbocycles. The highest BCUT2D eigenvalue weighted by Gasteiger charge is 2.14. The number of nitrogens with one attached hydrogen (secondary N) is 3. The summed E-state index contributed by atoms with van der Waals surface area (Å²) in [6, 6.07) is 5.20. The van der Waals surface area contributed by atoms with Crippen molar-refractivity contribution in [3.8, 4) is 11.5 Å². The van der Waals surface area contributed by atoms with E-state index in [0.29, 0.717) is 24.6 Å². The molecule has 0 radical (unpaired) electrons. The predicted octanol–water partition coefficient (Wildman–Crippen LogP) is -0.0457. The molecule has 0 aliphatic carbocycles. The number of likely N-dealkylation sites (N-methyl/N-ethyl adjacent to an activating group) is 1. The number of hydrogen-bond donors (Lipinski definition) is 3. The number of methoxy groups -OCH3 is 2. The number of carbonyl (C=O) groups excluding carboxylic acids is 2. The van der Waals surface area contributed by atoms with Crippen molar-refractivity contribution in [2.75, 3.05) is 34.4 Å². The lowest BCUT2D eigenvalue weighted by atomic mass is 10.2. The van der Waals surface area contributed by atoms with Crippen molar-refractivity contribution in [2.24, 2.45) is 0 Å². The van der Waals surface area contributed by atoms with Crippen LogP contribution in [0.5, 0.6) is 11.5 Å². The second-order valence-corrected chi connectivity index (χ2v) is 5.30. The van der Waals surface area contributed by atoms with E-state index in [-0.39, 0.29) is 12.5 Å². The third kappa shape index (κ3) is 6.56. The molecular formula is C16H26N3O4+. The Morgan fingerprint density at radius 1 is 1.17 bits per heavy atom. The van der Waals surface area contributed by atoms with Gasteiger partial charge in [0, 0.05) is 12.1 Å². The van der Waals surface area contributed by atoms with Crippen LogP contribution in [0.4, 0.5) is 4.79 Å². The van der Waals surface area contributed by atoms with Crippen LogP contribution in [0.15, 0.2) is 18.2 Å². The monoisotopic (exact) mass is 324 g/mol. The number of carbonyl (C=O) groups is 2. The highest BCUT2D eigenvalue weighted by Crippen LogP contribution is 2.27. The molecule has 23 heavy (non-hydrogen) atoms. The lowest BCUT2D eigenvalue weighted by Gasteiger charge is -2.15. The molecule has 1 atom stereocenters. The summed E-state index contributed by atoms with van der Waals surface area (Å²) in [5.74, 6) is 1.01. The van der Waals surface area contributed by atoms with Crippen molar-refractivity contribution in [1.29, 1.82) is 0 Å². The van der Waals surface area contributed by atoms with Crippen molar-refractivity contribution in [2.45, 2.75) is 19.9 Å². The molecule has 7 nitrogen and oxygen atoms in total. The van der Waals surface area contributed by atoms with Gasteiger partial charge in [0.2, 0.25) is 0 Å². The van der Waals surface area contributed by atoms with Gasteiger partial charge in [0.15, 0.2) is 18.0 Å². The van der Waals surface area contributed by atoms with Crippen LogP contribution in [-0.4, -0.2) is 46.3 Å². The highest BCUT2D eigenvalue weighted by atomic mass is 16.5. The van der Waals surface area contributed by atoms with Gasteiger partial charge in [0.1, 0.15) is 6.54 Å². The SMILES string of the molecule is CCCNC(=O)NC(=O)C[NH+](C)Cc1ccc(OC)c(OC)c1. The Labute approximate surface area is 136 Å². The first-order chi connectivity index (χ1) is 11.0. The van der Waals surface area contributed by atoms with Crippen molar-refractivity contribution < 1.29 is 24.0 Å². The van der Waals surface area contributed by atoms with Crippen LogP contribution in [0.25, 0.3) is 0 Å². The van der Waals surface area contributed by atoms with Crippen LogP contribution < -0.4 is 25.0 Å². The third-order valence-electron chi connectivity index (χ3n) is 3.20. The smallest absolute Gasteiger partial charge is 0.321 e. The summed E-state index contributed by atoms with van der Waals surface area (Å²) in [6.45, 7) is 3.33. The Morgan fingerprint density at radius 2 is 1.87 bits per heavy atom. The quantitative estimate of drug-likeness (QED) is 0.626. The van der Waals surface area contributed by atoms with E-state index in [0.717, 1.165) is 16.9 Å². The second-order valence-electron chi connectivity index (χ2n) is 5.30. The summed E-state index contributed by atoms with van der Waals surface area (Å²) in [5, 5.41) is 4.92. The number of imide groups is 1. The number of quaternary nitrogens is 1. The summed E-state index contributed by atoms with van der Waals surface area (Å²) in [6.07, 6.45) is 0.825. The number of amides is 3. The average Bonchev–Trinajstić information content (AvgIpc) is 2.52. The summed E-state index contributed by atoms with van der Waals surface area (Å²) < 4.78 is 10.5. The van der Waals surface area contributed by atoms with E-state index < -0.39 is 6.03 Å². The normalized spacial score (nSPS) is 11.5. The first kappa shape index (κ1) is 18.8. The summed E-state index contributed by atoms with van der Waals surface area (Å²) in [7, 11) is 5.06. The molecule has 1 aromatic rings. The minimum absolute atomic E-state index is 0.202. The van der Waals surface area contributed by atoms with Crippen LogP contribution in [0, 0.1) is 0 Å². The maximum absolute atomic E-state index is 11.8. The standard InChI is InChI=1S/C16H25N3O4/c1-5-8-17-16(21)18-15(20)11-19(2)10-12-6-7-13(22-3)14(9-12)23-4/h6-7,9H,5,8,10-11H2,1-4H3,(H2,17,18,20,21)/p+1. The zero-order valence-corrected chi connectivity index (χ0v) is 14.2. The third-order valence-corrected chi connectivity index (χ3v) is 3.20. The molecule has 128 valence electrons. The Hall–Kier alpha value is -2.28. The van der Waals surface area contributed by atoms with E-state index in [1.807, 2.05) is 32.2 Å². The molecular weight excluding hydrogens is 298 g/mol. The maximum atomic E-state index is 11.8. The molecule has 7 heteroatoms. The van der Waals surface area contributed by atoms with Gasteiger partial charge in [-0.15, -0.1) is 0 Å². The number of ether oxygens (including phenoxy) is 2. The average molecular weight is 324 g/mol. The number of hydrogen-bond acceptors (Lipinski definition) is 4. The fourth-order valence-corrected chi connectivity index (χ4v) is 2.13. The van der Waals surface area contributed by atoms with Crippen LogP contribution in [0.2, 0.25) is 0 Å². The van der Waals surface area contributed by atoms with Gasteiger partial charge in [-0.05, 0) is 24.6 Å². The van der Waals surface area contributed by atoms with Gasteiger partial charge in [0.05, 0.1) is 21.3 Å². The maximum Gasteiger partial charge on any atom is 0.321 e. The van der Waals surface area contributed by atoms with Gasteiger partial charge in [-0.2, -0.15) is 0 Å². The lowest BCUT2D eigenvalue weighted by molar-refractivity contribution is -0.885. The van der Waals surface area contributed by atoms with Gasteiger partial charge in [0.25, 0.3) is 5.91 Å². The zero-order chi connectivity index (χ0) is 17.2. The first-order valence-electron chi connectivity index (χ1n) is 7.60. The predicted molar refractivity (Wildman–Crippen MR) is 86.8 cm³/mol. The van der Waals surface area contributed by atoms with Gasteiger partial charge in [-0.1, -0.05) is 6.92 Å². The van der Waals surface area contributed by atoms with Crippen LogP contribution >= 0.6 is 0 Å². The van der Waals surface area contributed by atoms with E-state index >= 15 is 0 Å². The van der Waals surface area contributed by atoms with Gasteiger partial charge in [-0.25, -0.2) is 4.79 Å². The molecule has 3 N–H and O–H groups in total. The van der Waals surface area contributed by atoms with E-state index in [4.69, 9.17) is 9.47 Å². The van der Waals surface area contributed by atoms with Crippen molar-refractivity contribution in [3.63, 3.8) is 0 Å². The fourth-order valence-electron chi connectivity index (χ4n) is 2.13. The first-order valence-corrected chi connectivity index (χ1v) is 7.60. The molecule has 3 amide bonds. The molecule has 0 saturated carbocycles. The number of rotatable bonds is 8. The molecule has 0 saturated heterocycles. The summed E-state index contributed by atoms with van der Waals surface area (Å²) in [5.41, 5.74) is 1.02. The Kier molecular flexibility index (Phi) is 7.90. The Balaban J connectivity index is 2.51. The molecule has 0 aliphatic heterocycles. The van der Waals surface area contributed by atoms with Gasteiger partial charge in [-0.3, -0.25) is 10.1 Å². The molecule has 1 rings (SSSR count). The lowest BCUT2D eigenvalue weighted by Crippen LogP contribution is -3.09. The fraction of sp³-hybridized carbons (Fsp3) is 0.500. The Morgan fingerprint density at radius 3 is 2.48 bits per heavy atom. The molecule has 1 unspecified atom stereocenters. The van der Waals surface area contributed by atoms with Crippen LogP contribution in [-0.2, 0) is 11.3 Å². The molecule has 0 aliphatic rings. The minimum Gasteiger partial charge on any atom is -0.493 e. The van der Waals surface area contributed by atoms with E-state index in [2.05, 4.69) is 10.6 Å². The summed E-state index contributed by atoms with van der Waals surface area (Å²) in [4.78, 5) is 24.2. The zero-order valence-electron chi connectivity index (χ0n) is 14.2. The molecule has 0 bridgehead atoms. The highest BCUT2D eigenvalue weighted by molar-refractivity contribution is 5.94. The van der Waals surface area contributed by atoms with Crippen LogP contribution in [0.3, 0.4) is 0 Å². The molecule has 0 fully saturated rings. The van der Waals surface area contributed by atoms with Gasteiger partial charge < -0.3 is 19.7 Å². The molecule has 0 heterocycles. The van der Waals surface area contributed by atoms with Crippen molar-refractivity contribution in [1.82, 2.24) is 10.6 Å². The van der Waals surface area contributed by atoms with Crippen molar-refractivity contribution in [3.05, 3.63) is 23.8 Å². The Bertz CT molecular complexity index is 534. The minimum atomic E-state index is -0.448. The second kappa shape index (κ2) is 9.68. The van der Waals surface area contributed by atoms with E-state index in [1.54, 1.807) is 14.2 Å². The summed E-state index contributed by atoms with van der Waals surface area (Å²) >= 11 is 0. The molecule has 0 aromatic heterocycles. The van der Waals surface area contributed by atoms with Crippen molar-refractivity contribution >= 4 is 11.9 Å². The van der Waals surface area contributed by atoms with Gasteiger partial charge >= 0.3 is 6.03 Å². The topological polar surface area (TPSA) is 81.1 Å². The molecule has 0 spiro atoms. The van der Waals surface area contributed by atoms with E-state index in [1.165, 1.54) is 0 Å². The van der Waals surface area contributed by atoms with E-state index in [9.17, 15) is 9.59 Å². The number of urea groups is 1. The van der Waals surface area contributed by atoms with Crippen LogP contribution in [0.1, 0.15) is 18.9 Å². The number of benzene rings is 1. The largest absolute Gasteiger partial charge is 0.493 e.